The topological polar surface area (TPSA) is 68.3 Å². The van der Waals surface area contributed by atoms with E-state index in [1.54, 1.807) is 6.92 Å². The van der Waals surface area contributed by atoms with Gasteiger partial charge >= 0.3 is 0 Å². The molecule has 6 heteroatoms. The number of carbonyl (C=O) groups excluding carboxylic acids is 2. The third kappa shape index (κ3) is 4.95. The standard InChI is InChI=1S/C21H26N2O3S/c1-13-6-4-5-7-18(13)23-19(25)12-26-17-10-8-16(9-11-17)21-22-14(2)20(27-21)15(3)24/h8-11,13,18H,4-7,12H2,1-3H3,(H,23,25)/t13-,18+/m0/s1. The maximum Gasteiger partial charge on any atom is 0.258 e. The molecule has 1 amide bonds. The van der Waals surface area contributed by atoms with Gasteiger partial charge in [-0.3, -0.25) is 9.59 Å². The fourth-order valence-corrected chi connectivity index (χ4v) is 4.44. The number of ketones is 1. The molecule has 1 aromatic carbocycles. The van der Waals surface area contributed by atoms with Gasteiger partial charge in [0.1, 0.15) is 10.8 Å². The number of nitrogens with zero attached hydrogens (tertiary/aromatic N) is 1. The number of rotatable bonds is 6. The summed E-state index contributed by atoms with van der Waals surface area (Å²) in [6, 6.07) is 7.73. The van der Waals surface area contributed by atoms with Crippen LogP contribution >= 0.6 is 11.3 Å². The highest BCUT2D eigenvalue weighted by Crippen LogP contribution is 2.29. The quantitative estimate of drug-likeness (QED) is 0.748. The molecule has 1 aromatic heterocycles. The van der Waals surface area contributed by atoms with Gasteiger partial charge in [0.15, 0.2) is 12.4 Å². The van der Waals surface area contributed by atoms with E-state index in [9.17, 15) is 9.59 Å². The molecule has 3 rings (SSSR count). The molecule has 0 aliphatic heterocycles. The first kappa shape index (κ1) is 19.5. The number of hydrogen-bond acceptors (Lipinski definition) is 5. The van der Waals surface area contributed by atoms with Gasteiger partial charge in [0, 0.05) is 18.5 Å². The van der Waals surface area contributed by atoms with Crippen LogP contribution in [0.2, 0.25) is 0 Å². The smallest absolute Gasteiger partial charge is 0.258 e. The number of Topliss-reactive ketones (excluding diaryl/α,β-unsaturated/α-hetero) is 1. The van der Waals surface area contributed by atoms with Crippen LogP contribution in [0.1, 0.15) is 54.9 Å². The van der Waals surface area contributed by atoms with Gasteiger partial charge in [0.25, 0.3) is 5.91 Å². The number of carbonyl (C=O) groups is 2. The van der Waals surface area contributed by atoms with Gasteiger partial charge in [-0.2, -0.15) is 0 Å². The van der Waals surface area contributed by atoms with E-state index in [1.807, 2.05) is 31.2 Å². The van der Waals surface area contributed by atoms with Crippen LogP contribution in [0.25, 0.3) is 10.6 Å². The Kier molecular flexibility index (Phi) is 6.26. The molecule has 1 fully saturated rings. The van der Waals surface area contributed by atoms with Crippen molar-refractivity contribution in [1.29, 1.82) is 0 Å². The van der Waals surface area contributed by atoms with E-state index in [-0.39, 0.29) is 24.3 Å². The van der Waals surface area contributed by atoms with Gasteiger partial charge in [0.05, 0.1) is 10.6 Å². The highest BCUT2D eigenvalue weighted by Gasteiger charge is 2.22. The summed E-state index contributed by atoms with van der Waals surface area (Å²) in [5, 5.41) is 3.90. The highest BCUT2D eigenvalue weighted by atomic mass is 32.1. The van der Waals surface area contributed by atoms with Crippen molar-refractivity contribution in [2.75, 3.05) is 6.61 Å². The normalized spacial score (nSPS) is 19.5. The number of nitrogens with one attached hydrogen (secondary N) is 1. The van der Waals surface area contributed by atoms with Crippen molar-refractivity contribution in [3.8, 4) is 16.3 Å². The number of hydrogen-bond donors (Lipinski definition) is 1. The lowest BCUT2D eigenvalue weighted by Crippen LogP contribution is -2.43. The second kappa shape index (κ2) is 8.65. The van der Waals surface area contributed by atoms with Crippen LogP contribution in [0.15, 0.2) is 24.3 Å². The van der Waals surface area contributed by atoms with Crippen molar-refractivity contribution in [3.05, 3.63) is 34.8 Å². The molecule has 0 bridgehead atoms. The Morgan fingerprint density at radius 3 is 2.56 bits per heavy atom. The summed E-state index contributed by atoms with van der Waals surface area (Å²) >= 11 is 1.40. The third-order valence-electron chi connectivity index (χ3n) is 5.05. The molecule has 1 heterocycles. The molecule has 5 nitrogen and oxygen atoms in total. The van der Waals surface area contributed by atoms with Gasteiger partial charge in [0.2, 0.25) is 0 Å². The number of benzene rings is 1. The number of amides is 1. The molecule has 0 radical (unpaired) electrons. The molecule has 2 aromatic rings. The fraction of sp³-hybridized carbons (Fsp3) is 0.476. The minimum atomic E-state index is -0.0699. The lowest BCUT2D eigenvalue weighted by molar-refractivity contribution is -0.124. The van der Waals surface area contributed by atoms with E-state index >= 15 is 0 Å². The van der Waals surface area contributed by atoms with Crippen molar-refractivity contribution in [3.63, 3.8) is 0 Å². The Bertz CT molecular complexity index is 813. The molecule has 0 saturated heterocycles. The molecule has 0 unspecified atom stereocenters. The van der Waals surface area contributed by atoms with E-state index in [4.69, 9.17) is 4.74 Å². The van der Waals surface area contributed by atoms with Crippen LogP contribution in [0.5, 0.6) is 5.75 Å². The van der Waals surface area contributed by atoms with Gasteiger partial charge in [-0.25, -0.2) is 4.98 Å². The lowest BCUT2D eigenvalue weighted by atomic mass is 9.86. The van der Waals surface area contributed by atoms with E-state index in [2.05, 4.69) is 17.2 Å². The van der Waals surface area contributed by atoms with Gasteiger partial charge in [-0.15, -0.1) is 11.3 Å². The number of aryl methyl sites for hydroxylation is 1. The molecule has 1 N–H and O–H groups in total. The first-order valence-electron chi connectivity index (χ1n) is 9.45. The van der Waals surface area contributed by atoms with Crippen LogP contribution in [0.3, 0.4) is 0 Å². The maximum atomic E-state index is 12.1. The predicted octanol–water partition coefficient (Wildman–Crippen LogP) is 4.39. The SMILES string of the molecule is CC(=O)c1sc(-c2ccc(OCC(=O)N[C@@H]3CCCC[C@@H]3C)cc2)nc1C. The third-order valence-corrected chi connectivity index (χ3v) is 6.35. The zero-order chi connectivity index (χ0) is 19.4. The van der Waals surface area contributed by atoms with E-state index in [1.165, 1.54) is 30.6 Å². The van der Waals surface area contributed by atoms with Gasteiger partial charge in [-0.1, -0.05) is 19.8 Å². The van der Waals surface area contributed by atoms with Crippen molar-refractivity contribution in [2.45, 2.75) is 52.5 Å². The fourth-order valence-electron chi connectivity index (χ4n) is 3.47. The summed E-state index contributed by atoms with van der Waals surface area (Å²) < 4.78 is 5.62. The average Bonchev–Trinajstić information content (AvgIpc) is 3.04. The zero-order valence-corrected chi connectivity index (χ0v) is 16.9. The summed E-state index contributed by atoms with van der Waals surface area (Å²) in [7, 11) is 0. The van der Waals surface area contributed by atoms with Crippen LogP contribution in [0.4, 0.5) is 0 Å². The highest BCUT2D eigenvalue weighted by molar-refractivity contribution is 7.17. The average molecular weight is 387 g/mol. The Balaban J connectivity index is 1.55. The van der Waals surface area contributed by atoms with Crippen molar-refractivity contribution >= 4 is 23.0 Å². The van der Waals surface area contributed by atoms with E-state index in [0.29, 0.717) is 16.5 Å². The summed E-state index contributed by atoms with van der Waals surface area (Å²) in [4.78, 5) is 28.9. The van der Waals surface area contributed by atoms with Crippen LogP contribution in [-0.4, -0.2) is 29.3 Å². The monoisotopic (exact) mass is 386 g/mol. The predicted molar refractivity (Wildman–Crippen MR) is 107 cm³/mol. The molecule has 2 atom stereocenters. The molecule has 1 aliphatic carbocycles. The summed E-state index contributed by atoms with van der Waals surface area (Å²) in [6.45, 7) is 5.62. The molecule has 1 saturated carbocycles. The molecule has 0 spiro atoms. The van der Waals surface area contributed by atoms with Crippen LogP contribution in [0, 0.1) is 12.8 Å². The minimum Gasteiger partial charge on any atom is -0.484 e. The number of thiazole rings is 1. The Hall–Kier alpha value is -2.21. The summed E-state index contributed by atoms with van der Waals surface area (Å²) in [6.07, 6.45) is 4.66. The molecular formula is C21H26N2O3S. The van der Waals surface area contributed by atoms with Crippen molar-refractivity contribution < 1.29 is 14.3 Å². The minimum absolute atomic E-state index is 0.0212. The zero-order valence-electron chi connectivity index (χ0n) is 16.1. The van der Waals surface area contributed by atoms with Crippen molar-refractivity contribution in [1.82, 2.24) is 10.3 Å². The second-order valence-corrected chi connectivity index (χ2v) is 8.24. The van der Waals surface area contributed by atoms with E-state index in [0.717, 1.165) is 22.7 Å². The second-order valence-electron chi connectivity index (χ2n) is 7.24. The first-order chi connectivity index (χ1) is 12.9. The summed E-state index contributed by atoms with van der Waals surface area (Å²) in [5.41, 5.74) is 1.69. The van der Waals surface area contributed by atoms with Crippen molar-refractivity contribution in [2.24, 2.45) is 5.92 Å². The first-order valence-corrected chi connectivity index (χ1v) is 10.3. The summed E-state index contributed by atoms with van der Waals surface area (Å²) in [5.74, 6) is 1.14. The van der Waals surface area contributed by atoms with Crippen LogP contribution in [-0.2, 0) is 4.79 Å². The molecule has 27 heavy (non-hydrogen) atoms. The molecular weight excluding hydrogens is 360 g/mol. The van der Waals surface area contributed by atoms with Crippen LogP contribution < -0.4 is 10.1 Å². The Morgan fingerprint density at radius 2 is 1.93 bits per heavy atom. The molecule has 1 aliphatic rings. The number of aromatic nitrogens is 1. The Morgan fingerprint density at radius 1 is 1.22 bits per heavy atom. The van der Waals surface area contributed by atoms with Gasteiger partial charge in [-0.05, 0) is 49.9 Å². The number of ether oxygens (including phenoxy) is 1. The van der Waals surface area contributed by atoms with Gasteiger partial charge < -0.3 is 10.1 Å². The largest absolute Gasteiger partial charge is 0.484 e. The van der Waals surface area contributed by atoms with E-state index < -0.39 is 0 Å². The molecule has 144 valence electrons. The maximum absolute atomic E-state index is 12.1. The lowest BCUT2D eigenvalue weighted by Gasteiger charge is -2.29. The Labute approximate surface area is 164 Å².